The fourth-order valence-corrected chi connectivity index (χ4v) is 8.79. The summed E-state index contributed by atoms with van der Waals surface area (Å²) in [4.78, 5) is 10.2. The molecular formula is C54H32N2O. The predicted molar refractivity (Wildman–Crippen MR) is 239 cm³/mol. The Hall–Kier alpha value is -7.62. The first-order valence-electron chi connectivity index (χ1n) is 19.4. The molecule has 0 unspecified atom stereocenters. The fraction of sp³-hybridized carbons (Fsp3) is 0. The lowest BCUT2D eigenvalue weighted by Crippen LogP contribution is -1.92. The maximum absolute atomic E-state index is 6.35. The maximum Gasteiger partial charge on any atom is 0.143 e. The van der Waals surface area contributed by atoms with Gasteiger partial charge >= 0.3 is 0 Å². The Bertz CT molecular complexity index is 3560. The molecule has 0 aliphatic rings. The van der Waals surface area contributed by atoms with Gasteiger partial charge < -0.3 is 4.42 Å². The van der Waals surface area contributed by atoms with Gasteiger partial charge in [-0.3, -0.25) is 4.98 Å². The van der Waals surface area contributed by atoms with Gasteiger partial charge in [0, 0.05) is 32.7 Å². The second-order valence-electron chi connectivity index (χ2n) is 15.0. The summed E-state index contributed by atoms with van der Waals surface area (Å²) in [7, 11) is 0. The molecule has 0 fully saturated rings. The lowest BCUT2D eigenvalue weighted by molar-refractivity contribution is 0.670. The third-order valence-corrected chi connectivity index (χ3v) is 11.6. The van der Waals surface area contributed by atoms with Crippen molar-refractivity contribution in [2.24, 2.45) is 0 Å². The van der Waals surface area contributed by atoms with E-state index in [2.05, 4.69) is 176 Å². The summed E-state index contributed by atoms with van der Waals surface area (Å²) in [6.45, 7) is 0. The zero-order valence-electron chi connectivity index (χ0n) is 30.8. The van der Waals surface area contributed by atoms with Crippen molar-refractivity contribution in [2.45, 2.75) is 0 Å². The van der Waals surface area contributed by atoms with Gasteiger partial charge in [-0.05, 0) is 96.5 Å². The number of rotatable bonds is 4. The SMILES string of the molecule is c1cc(-c2ccc3cc(-c4ccc5cc(-c6cccc7c6oc6ccccc67)ccc5c4)ccc3c2)cc(-c2cnc3c4ccccc4c4ccccc4c3n2)c1. The van der Waals surface area contributed by atoms with Crippen molar-refractivity contribution in [1.29, 1.82) is 0 Å². The minimum atomic E-state index is 0.866. The van der Waals surface area contributed by atoms with Gasteiger partial charge in [-0.15, -0.1) is 0 Å². The number of benzene rings is 10. The molecule has 0 aliphatic carbocycles. The highest BCUT2D eigenvalue weighted by atomic mass is 16.3. The molecule has 0 bridgehead atoms. The van der Waals surface area contributed by atoms with Gasteiger partial charge in [-0.25, -0.2) is 4.98 Å². The number of fused-ring (bicyclic) bond motifs is 11. The second kappa shape index (κ2) is 12.5. The monoisotopic (exact) mass is 724 g/mol. The molecule has 0 saturated heterocycles. The zero-order valence-corrected chi connectivity index (χ0v) is 30.8. The van der Waals surface area contributed by atoms with Crippen LogP contribution in [-0.4, -0.2) is 9.97 Å². The third-order valence-electron chi connectivity index (χ3n) is 11.6. The molecule has 3 heteroatoms. The second-order valence-corrected chi connectivity index (χ2v) is 15.0. The zero-order chi connectivity index (χ0) is 37.5. The average molecular weight is 725 g/mol. The quantitative estimate of drug-likeness (QED) is 0.170. The van der Waals surface area contributed by atoms with E-state index in [1.165, 1.54) is 49.0 Å². The average Bonchev–Trinajstić information content (AvgIpc) is 3.67. The van der Waals surface area contributed by atoms with Crippen LogP contribution in [0.15, 0.2) is 199 Å². The first-order valence-corrected chi connectivity index (χ1v) is 19.4. The van der Waals surface area contributed by atoms with E-state index in [1.807, 2.05) is 18.3 Å². The Morgan fingerprint density at radius 1 is 0.333 bits per heavy atom. The van der Waals surface area contributed by atoms with Crippen molar-refractivity contribution < 1.29 is 4.42 Å². The molecule has 0 radical (unpaired) electrons. The van der Waals surface area contributed by atoms with E-state index in [0.717, 1.165) is 71.7 Å². The molecule has 0 saturated carbocycles. The number of para-hydroxylation sites is 2. The number of aromatic nitrogens is 2. The Labute approximate surface area is 328 Å². The van der Waals surface area contributed by atoms with Gasteiger partial charge in [0.1, 0.15) is 11.2 Å². The van der Waals surface area contributed by atoms with Crippen LogP contribution in [0.2, 0.25) is 0 Å². The number of furan rings is 1. The summed E-state index contributed by atoms with van der Waals surface area (Å²) < 4.78 is 6.35. The standard InChI is InChI=1S/C54H32N2O/c1-3-14-47-44(11-1)45-12-2-4-15-48(45)53-52(47)55-32-50(56-53)42-10-7-9-33(31-42)34-19-20-36-28-37(22-21-35(36)27-34)38-23-24-40-30-41(26-25-39(40)29-38)43-16-8-17-49-46-13-5-6-18-51(46)57-54(43)49/h1-32H. The lowest BCUT2D eigenvalue weighted by atomic mass is 9.94. The van der Waals surface area contributed by atoms with Crippen LogP contribution in [0.25, 0.3) is 121 Å². The lowest BCUT2D eigenvalue weighted by Gasteiger charge is -2.11. The molecule has 57 heavy (non-hydrogen) atoms. The Balaban J connectivity index is 0.858. The van der Waals surface area contributed by atoms with E-state index in [0.29, 0.717) is 0 Å². The van der Waals surface area contributed by atoms with Gasteiger partial charge in [0.05, 0.1) is 22.9 Å². The molecule has 264 valence electrons. The van der Waals surface area contributed by atoms with E-state index in [9.17, 15) is 0 Å². The van der Waals surface area contributed by atoms with Gasteiger partial charge in [0.2, 0.25) is 0 Å². The normalized spacial score (nSPS) is 11.9. The van der Waals surface area contributed by atoms with Crippen molar-refractivity contribution in [3.05, 3.63) is 194 Å². The van der Waals surface area contributed by atoms with Crippen molar-refractivity contribution in [3.63, 3.8) is 0 Å². The summed E-state index contributed by atoms with van der Waals surface area (Å²) >= 11 is 0. The van der Waals surface area contributed by atoms with Gasteiger partial charge in [-0.2, -0.15) is 0 Å². The molecule has 0 aliphatic heterocycles. The smallest absolute Gasteiger partial charge is 0.143 e. The molecule has 0 amide bonds. The molecule has 12 rings (SSSR count). The summed E-state index contributed by atoms with van der Waals surface area (Å²) in [6, 6.07) is 67.3. The molecule has 0 atom stereocenters. The van der Waals surface area contributed by atoms with Crippen LogP contribution in [-0.2, 0) is 0 Å². The molecular weight excluding hydrogens is 693 g/mol. The highest BCUT2D eigenvalue weighted by Gasteiger charge is 2.15. The van der Waals surface area contributed by atoms with Crippen LogP contribution in [0, 0.1) is 0 Å². The Morgan fingerprint density at radius 2 is 0.825 bits per heavy atom. The molecule has 10 aromatic carbocycles. The van der Waals surface area contributed by atoms with Gasteiger partial charge in [0.15, 0.2) is 0 Å². The van der Waals surface area contributed by atoms with Crippen LogP contribution in [0.4, 0.5) is 0 Å². The van der Waals surface area contributed by atoms with Gasteiger partial charge in [0.25, 0.3) is 0 Å². The van der Waals surface area contributed by atoms with Gasteiger partial charge in [-0.1, -0.05) is 152 Å². The maximum atomic E-state index is 6.35. The van der Waals surface area contributed by atoms with E-state index >= 15 is 0 Å². The predicted octanol–water partition coefficient (Wildman–Crippen LogP) is 14.8. The first kappa shape index (κ1) is 31.7. The minimum absolute atomic E-state index is 0.866. The molecule has 0 N–H and O–H groups in total. The number of hydrogen-bond donors (Lipinski definition) is 0. The summed E-state index contributed by atoms with van der Waals surface area (Å²) in [6.07, 6.45) is 1.92. The highest BCUT2D eigenvalue weighted by Crippen LogP contribution is 2.39. The summed E-state index contributed by atoms with van der Waals surface area (Å²) in [5, 5.41) is 11.8. The van der Waals surface area contributed by atoms with Crippen molar-refractivity contribution in [3.8, 4) is 44.6 Å². The molecule has 12 aromatic rings. The highest BCUT2D eigenvalue weighted by molar-refractivity contribution is 6.23. The molecule has 3 nitrogen and oxygen atoms in total. The van der Waals surface area contributed by atoms with Crippen LogP contribution in [0.3, 0.4) is 0 Å². The largest absolute Gasteiger partial charge is 0.455 e. The molecule has 2 aromatic heterocycles. The van der Waals surface area contributed by atoms with Crippen LogP contribution in [0.5, 0.6) is 0 Å². The molecule has 0 spiro atoms. The molecule has 2 heterocycles. The van der Waals surface area contributed by atoms with Crippen molar-refractivity contribution >= 4 is 76.1 Å². The van der Waals surface area contributed by atoms with E-state index in [1.54, 1.807) is 0 Å². The number of hydrogen-bond acceptors (Lipinski definition) is 3. The first-order chi connectivity index (χ1) is 28.2. The van der Waals surface area contributed by atoms with E-state index < -0.39 is 0 Å². The van der Waals surface area contributed by atoms with E-state index in [4.69, 9.17) is 14.4 Å². The summed E-state index contributed by atoms with van der Waals surface area (Å²) in [5.74, 6) is 0. The number of nitrogens with zero attached hydrogens (tertiary/aromatic N) is 2. The van der Waals surface area contributed by atoms with Crippen LogP contribution >= 0.6 is 0 Å². The topological polar surface area (TPSA) is 38.9 Å². The third kappa shape index (κ3) is 5.13. The summed E-state index contributed by atoms with van der Waals surface area (Å²) in [5.41, 5.74) is 12.6. The minimum Gasteiger partial charge on any atom is -0.455 e. The van der Waals surface area contributed by atoms with Crippen molar-refractivity contribution in [1.82, 2.24) is 9.97 Å². The Kier molecular flexibility index (Phi) is 6.93. The van der Waals surface area contributed by atoms with E-state index in [-0.39, 0.29) is 0 Å². The van der Waals surface area contributed by atoms with Crippen molar-refractivity contribution in [2.75, 3.05) is 0 Å². The fourth-order valence-electron chi connectivity index (χ4n) is 8.79. The Morgan fingerprint density at radius 3 is 1.49 bits per heavy atom. The van der Waals surface area contributed by atoms with Crippen LogP contribution < -0.4 is 0 Å². The van der Waals surface area contributed by atoms with Crippen LogP contribution in [0.1, 0.15) is 0 Å².